The lowest BCUT2D eigenvalue weighted by Gasteiger charge is -2.18. The summed E-state index contributed by atoms with van der Waals surface area (Å²) >= 11 is 0. The maximum Gasteiger partial charge on any atom is 0.320 e. The molecule has 0 radical (unpaired) electrons. The van der Waals surface area contributed by atoms with Gasteiger partial charge in [0.2, 0.25) is 0 Å². The molecule has 7 heteroatoms. The van der Waals surface area contributed by atoms with E-state index in [9.17, 15) is 4.79 Å². The molecule has 0 aliphatic heterocycles. The smallest absolute Gasteiger partial charge is 0.320 e. The van der Waals surface area contributed by atoms with Crippen molar-refractivity contribution in [3.8, 4) is 11.5 Å². The maximum atomic E-state index is 12.0. The predicted molar refractivity (Wildman–Crippen MR) is 81.4 cm³/mol. The third kappa shape index (κ3) is 3.69. The number of aryl methyl sites for hydroxylation is 1. The van der Waals surface area contributed by atoms with Gasteiger partial charge in [-0.1, -0.05) is 5.16 Å². The topological polar surface area (TPSA) is 85.6 Å². The number of nitrogens with one attached hydrogen (secondary N) is 2. The van der Waals surface area contributed by atoms with E-state index in [0.717, 1.165) is 5.56 Å². The Morgan fingerprint density at radius 3 is 2.64 bits per heavy atom. The number of benzene rings is 1. The first kappa shape index (κ1) is 15.7. The number of methoxy groups -OCH3 is 2. The van der Waals surface area contributed by atoms with Gasteiger partial charge in [0.15, 0.2) is 5.82 Å². The molecule has 0 saturated carbocycles. The second-order valence-corrected chi connectivity index (χ2v) is 4.75. The van der Waals surface area contributed by atoms with Gasteiger partial charge in [-0.25, -0.2) is 4.79 Å². The number of ether oxygens (including phenoxy) is 2. The van der Waals surface area contributed by atoms with E-state index in [1.807, 2.05) is 19.1 Å². The third-order valence-electron chi connectivity index (χ3n) is 3.12. The fourth-order valence-electron chi connectivity index (χ4n) is 2.03. The van der Waals surface area contributed by atoms with E-state index in [1.165, 1.54) is 0 Å². The van der Waals surface area contributed by atoms with Gasteiger partial charge < -0.3 is 19.3 Å². The molecule has 1 aromatic carbocycles. The normalized spacial score (nSPS) is 11.6. The highest BCUT2D eigenvalue weighted by Crippen LogP contribution is 2.29. The summed E-state index contributed by atoms with van der Waals surface area (Å²) in [6.45, 7) is 3.61. The van der Waals surface area contributed by atoms with Crippen molar-refractivity contribution in [1.29, 1.82) is 0 Å². The lowest BCUT2D eigenvalue weighted by atomic mass is 10.1. The van der Waals surface area contributed by atoms with Crippen LogP contribution in [-0.2, 0) is 0 Å². The van der Waals surface area contributed by atoms with Crippen LogP contribution in [0.25, 0.3) is 0 Å². The summed E-state index contributed by atoms with van der Waals surface area (Å²) in [5.41, 5.74) is 0.842. The Labute approximate surface area is 128 Å². The van der Waals surface area contributed by atoms with Gasteiger partial charge in [0, 0.05) is 17.7 Å². The van der Waals surface area contributed by atoms with Gasteiger partial charge in [-0.05, 0) is 26.0 Å². The molecule has 2 rings (SSSR count). The summed E-state index contributed by atoms with van der Waals surface area (Å²) in [6.07, 6.45) is 0. The van der Waals surface area contributed by atoms with E-state index in [0.29, 0.717) is 23.1 Å². The number of urea groups is 1. The van der Waals surface area contributed by atoms with Crippen molar-refractivity contribution in [2.24, 2.45) is 0 Å². The van der Waals surface area contributed by atoms with Crippen molar-refractivity contribution in [3.63, 3.8) is 0 Å². The SMILES string of the molecule is COc1ccc([C@@H](C)NC(=O)Nc2cc(C)on2)c(OC)c1. The number of aromatic nitrogens is 1. The van der Waals surface area contributed by atoms with Crippen LogP contribution in [0.2, 0.25) is 0 Å². The first-order valence-corrected chi connectivity index (χ1v) is 6.76. The van der Waals surface area contributed by atoms with Crippen molar-refractivity contribution < 1.29 is 18.8 Å². The fraction of sp³-hybridized carbons (Fsp3) is 0.333. The zero-order chi connectivity index (χ0) is 16.1. The quantitative estimate of drug-likeness (QED) is 0.887. The molecule has 0 spiro atoms. The van der Waals surface area contributed by atoms with Gasteiger partial charge in [-0.2, -0.15) is 0 Å². The molecule has 0 fully saturated rings. The number of hydrogen-bond acceptors (Lipinski definition) is 5. The van der Waals surface area contributed by atoms with Crippen molar-refractivity contribution in [2.45, 2.75) is 19.9 Å². The lowest BCUT2D eigenvalue weighted by molar-refractivity contribution is 0.249. The molecule has 1 atom stereocenters. The minimum absolute atomic E-state index is 0.256. The van der Waals surface area contributed by atoms with Gasteiger partial charge in [0.25, 0.3) is 0 Å². The van der Waals surface area contributed by atoms with Gasteiger partial charge >= 0.3 is 6.03 Å². The number of hydrogen-bond donors (Lipinski definition) is 2. The third-order valence-corrected chi connectivity index (χ3v) is 3.12. The maximum absolute atomic E-state index is 12.0. The predicted octanol–water partition coefficient (Wildman–Crippen LogP) is 2.88. The number of carbonyl (C=O) groups is 1. The Morgan fingerprint density at radius 2 is 2.05 bits per heavy atom. The molecule has 22 heavy (non-hydrogen) atoms. The van der Waals surface area contributed by atoms with Crippen LogP contribution >= 0.6 is 0 Å². The van der Waals surface area contributed by atoms with Crippen molar-refractivity contribution in [1.82, 2.24) is 10.5 Å². The summed E-state index contributed by atoms with van der Waals surface area (Å²) in [4.78, 5) is 12.0. The molecule has 0 bridgehead atoms. The van der Waals surface area contributed by atoms with E-state index in [2.05, 4.69) is 15.8 Å². The first-order chi connectivity index (χ1) is 10.5. The molecular formula is C15H19N3O4. The van der Waals surface area contributed by atoms with Crippen LogP contribution in [0.1, 0.15) is 24.3 Å². The molecule has 0 unspecified atom stereocenters. The van der Waals surface area contributed by atoms with Crippen LogP contribution in [0, 0.1) is 6.92 Å². The molecule has 1 heterocycles. The molecule has 0 aliphatic carbocycles. The first-order valence-electron chi connectivity index (χ1n) is 6.76. The van der Waals surface area contributed by atoms with Gasteiger partial charge in [-0.15, -0.1) is 0 Å². The highest BCUT2D eigenvalue weighted by molar-refractivity contribution is 5.88. The molecule has 1 aromatic heterocycles. The average molecular weight is 305 g/mol. The van der Waals surface area contributed by atoms with Crippen LogP contribution in [0.15, 0.2) is 28.8 Å². The van der Waals surface area contributed by atoms with Gasteiger partial charge in [0.1, 0.15) is 17.3 Å². The number of anilines is 1. The summed E-state index contributed by atoms with van der Waals surface area (Å²) < 4.78 is 15.4. The number of nitrogens with zero attached hydrogens (tertiary/aromatic N) is 1. The number of amides is 2. The number of carbonyl (C=O) groups excluding carboxylic acids is 1. The Bertz CT molecular complexity index is 654. The van der Waals surface area contributed by atoms with Gasteiger partial charge in [0.05, 0.1) is 20.3 Å². The summed E-state index contributed by atoms with van der Waals surface area (Å²) in [5, 5.41) is 9.12. The second-order valence-electron chi connectivity index (χ2n) is 4.75. The minimum atomic E-state index is -0.376. The van der Waals surface area contributed by atoms with Crippen LogP contribution in [0.5, 0.6) is 11.5 Å². The standard InChI is InChI=1S/C15H19N3O4/c1-9-7-14(18-22-9)17-15(19)16-10(2)12-6-5-11(20-3)8-13(12)21-4/h5-8,10H,1-4H3,(H2,16,17,18,19)/t10-/m1/s1. The monoisotopic (exact) mass is 305 g/mol. The largest absolute Gasteiger partial charge is 0.497 e. The summed E-state index contributed by atoms with van der Waals surface area (Å²) in [7, 11) is 3.16. The summed E-state index contributed by atoms with van der Waals surface area (Å²) in [6, 6.07) is 6.44. The molecule has 0 saturated heterocycles. The van der Waals surface area contributed by atoms with E-state index in [-0.39, 0.29) is 12.1 Å². The minimum Gasteiger partial charge on any atom is -0.497 e. The van der Waals surface area contributed by atoms with Crippen LogP contribution in [0.4, 0.5) is 10.6 Å². The highest BCUT2D eigenvalue weighted by atomic mass is 16.5. The van der Waals surface area contributed by atoms with E-state index in [1.54, 1.807) is 33.3 Å². The Hall–Kier alpha value is -2.70. The van der Waals surface area contributed by atoms with Crippen LogP contribution in [-0.4, -0.2) is 25.4 Å². The fourth-order valence-corrected chi connectivity index (χ4v) is 2.03. The lowest BCUT2D eigenvalue weighted by Crippen LogP contribution is -2.31. The Balaban J connectivity index is 2.05. The van der Waals surface area contributed by atoms with E-state index in [4.69, 9.17) is 14.0 Å². The van der Waals surface area contributed by atoms with Crippen molar-refractivity contribution >= 4 is 11.8 Å². The van der Waals surface area contributed by atoms with Crippen LogP contribution < -0.4 is 20.1 Å². The average Bonchev–Trinajstić information content (AvgIpc) is 2.91. The molecule has 2 amide bonds. The van der Waals surface area contributed by atoms with Gasteiger partial charge in [-0.3, -0.25) is 5.32 Å². The highest BCUT2D eigenvalue weighted by Gasteiger charge is 2.15. The molecule has 7 nitrogen and oxygen atoms in total. The van der Waals surface area contributed by atoms with Crippen molar-refractivity contribution in [3.05, 3.63) is 35.6 Å². The van der Waals surface area contributed by atoms with Crippen LogP contribution in [0.3, 0.4) is 0 Å². The molecule has 0 aliphatic rings. The Kier molecular flexibility index (Phi) is 4.88. The zero-order valence-electron chi connectivity index (χ0n) is 13.0. The molecule has 2 N–H and O–H groups in total. The molecule has 2 aromatic rings. The Morgan fingerprint density at radius 1 is 1.27 bits per heavy atom. The van der Waals surface area contributed by atoms with Crippen molar-refractivity contribution in [2.75, 3.05) is 19.5 Å². The zero-order valence-corrected chi connectivity index (χ0v) is 13.0. The van der Waals surface area contributed by atoms with E-state index >= 15 is 0 Å². The second kappa shape index (κ2) is 6.84. The summed E-state index contributed by atoms with van der Waals surface area (Å²) in [5.74, 6) is 2.32. The molecular weight excluding hydrogens is 286 g/mol. The van der Waals surface area contributed by atoms with E-state index < -0.39 is 0 Å². The molecule has 118 valence electrons. The number of rotatable bonds is 5.